The summed E-state index contributed by atoms with van der Waals surface area (Å²) in [5.41, 5.74) is 0.819. The number of carbonyl (C=O) groups is 2. The summed E-state index contributed by atoms with van der Waals surface area (Å²) in [6.07, 6.45) is 3.99. The molecule has 1 fully saturated rings. The molecule has 1 saturated carbocycles. The third kappa shape index (κ3) is 5.79. The average Bonchev–Trinajstić information content (AvgIpc) is 2.73. The highest BCUT2D eigenvalue weighted by atomic mass is 19.1. The fourth-order valence-corrected chi connectivity index (χ4v) is 3.86. The molecule has 2 aromatic rings. The molecule has 6 heteroatoms. The molecule has 0 heterocycles. The van der Waals surface area contributed by atoms with Gasteiger partial charge in [-0.05, 0) is 55.4 Å². The zero-order valence-corrected chi connectivity index (χ0v) is 16.6. The Morgan fingerprint density at radius 1 is 1.07 bits per heavy atom. The highest BCUT2D eigenvalue weighted by Crippen LogP contribution is 2.30. The van der Waals surface area contributed by atoms with Gasteiger partial charge < -0.3 is 10.1 Å². The Hall–Kier alpha value is -2.89. The van der Waals surface area contributed by atoms with E-state index in [-0.39, 0.29) is 17.7 Å². The number of para-hydroxylation sites is 2. The van der Waals surface area contributed by atoms with Gasteiger partial charge >= 0.3 is 12.0 Å². The molecular weight excluding hydrogens is 371 g/mol. The summed E-state index contributed by atoms with van der Waals surface area (Å²) in [6, 6.07) is 14.9. The summed E-state index contributed by atoms with van der Waals surface area (Å²) in [4.78, 5) is 25.4. The molecule has 0 aromatic heterocycles. The Labute approximate surface area is 170 Å². The first kappa shape index (κ1) is 20.8. The predicted molar refractivity (Wildman–Crippen MR) is 110 cm³/mol. The first-order valence-electron chi connectivity index (χ1n) is 10.1. The van der Waals surface area contributed by atoms with Crippen LogP contribution in [-0.4, -0.2) is 25.2 Å². The highest BCUT2D eigenvalue weighted by Gasteiger charge is 2.25. The van der Waals surface area contributed by atoms with Crippen molar-refractivity contribution in [3.8, 4) is 0 Å². The number of hydrogen-bond donors (Lipinski definition) is 1. The van der Waals surface area contributed by atoms with Crippen LogP contribution >= 0.6 is 0 Å². The first-order valence-corrected chi connectivity index (χ1v) is 10.1. The van der Waals surface area contributed by atoms with Crippen LogP contribution in [0.15, 0.2) is 54.6 Å². The van der Waals surface area contributed by atoms with E-state index in [1.807, 2.05) is 18.2 Å². The van der Waals surface area contributed by atoms with Crippen LogP contribution in [0.1, 0.15) is 32.6 Å². The Kier molecular flexibility index (Phi) is 7.22. The number of ether oxygens (including phenoxy) is 1. The summed E-state index contributed by atoms with van der Waals surface area (Å²) in [6.45, 7) is 2.36. The molecule has 0 bridgehead atoms. The summed E-state index contributed by atoms with van der Waals surface area (Å²) in [5, 5.41) is 2.97. The van der Waals surface area contributed by atoms with E-state index in [9.17, 15) is 14.0 Å². The number of urea groups is 1. The molecule has 2 unspecified atom stereocenters. The lowest BCUT2D eigenvalue weighted by molar-refractivity contribution is -0.142. The SMILES string of the molecule is CC(=O)OCC1CCCC(CNC(=O)N(c2ccccc2)c2ccccc2F)C1. The summed E-state index contributed by atoms with van der Waals surface area (Å²) < 4.78 is 19.6. The van der Waals surface area contributed by atoms with E-state index in [4.69, 9.17) is 4.74 Å². The van der Waals surface area contributed by atoms with Crippen LogP contribution in [-0.2, 0) is 9.53 Å². The van der Waals surface area contributed by atoms with Crippen molar-refractivity contribution in [1.82, 2.24) is 5.32 Å². The monoisotopic (exact) mass is 398 g/mol. The maximum atomic E-state index is 14.4. The van der Waals surface area contributed by atoms with E-state index >= 15 is 0 Å². The van der Waals surface area contributed by atoms with Crippen molar-refractivity contribution in [2.45, 2.75) is 32.6 Å². The van der Waals surface area contributed by atoms with Gasteiger partial charge in [-0.2, -0.15) is 0 Å². The molecule has 0 spiro atoms. The normalized spacial score (nSPS) is 18.7. The van der Waals surface area contributed by atoms with E-state index in [1.165, 1.54) is 17.9 Å². The number of rotatable bonds is 6. The van der Waals surface area contributed by atoms with Gasteiger partial charge in [0.05, 0.1) is 18.0 Å². The molecular formula is C23H27FN2O3. The van der Waals surface area contributed by atoms with Gasteiger partial charge in [0.2, 0.25) is 0 Å². The molecule has 5 nitrogen and oxygen atoms in total. The number of nitrogens with zero attached hydrogens (tertiary/aromatic N) is 1. The Balaban J connectivity index is 1.66. The Bertz CT molecular complexity index is 828. The van der Waals surface area contributed by atoms with Gasteiger partial charge in [-0.25, -0.2) is 9.18 Å². The molecule has 154 valence electrons. The highest BCUT2D eigenvalue weighted by molar-refractivity contribution is 5.99. The zero-order valence-electron chi connectivity index (χ0n) is 16.6. The first-order chi connectivity index (χ1) is 14.0. The lowest BCUT2D eigenvalue weighted by Gasteiger charge is -2.30. The number of halogens is 1. The van der Waals surface area contributed by atoms with Crippen LogP contribution < -0.4 is 10.2 Å². The van der Waals surface area contributed by atoms with Crippen LogP contribution in [0.5, 0.6) is 0 Å². The molecule has 0 saturated heterocycles. The summed E-state index contributed by atoms with van der Waals surface area (Å²) >= 11 is 0. The van der Waals surface area contributed by atoms with Crippen LogP contribution in [0.4, 0.5) is 20.6 Å². The molecule has 0 radical (unpaired) electrons. The number of amides is 2. The Morgan fingerprint density at radius 3 is 2.48 bits per heavy atom. The minimum Gasteiger partial charge on any atom is -0.466 e. The van der Waals surface area contributed by atoms with Crippen molar-refractivity contribution in [1.29, 1.82) is 0 Å². The van der Waals surface area contributed by atoms with Crippen LogP contribution in [0.25, 0.3) is 0 Å². The number of hydrogen-bond acceptors (Lipinski definition) is 3. The molecule has 1 aliphatic rings. The van der Waals surface area contributed by atoms with Crippen molar-refractivity contribution >= 4 is 23.4 Å². The van der Waals surface area contributed by atoms with Crippen LogP contribution in [0.2, 0.25) is 0 Å². The van der Waals surface area contributed by atoms with Crippen molar-refractivity contribution < 1.29 is 18.7 Å². The zero-order chi connectivity index (χ0) is 20.6. The molecule has 3 rings (SSSR count). The minimum absolute atomic E-state index is 0.215. The number of esters is 1. The van der Waals surface area contributed by atoms with Crippen molar-refractivity contribution in [3.05, 3.63) is 60.4 Å². The smallest absolute Gasteiger partial charge is 0.326 e. The summed E-state index contributed by atoms with van der Waals surface area (Å²) in [7, 11) is 0. The third-order valence-corrected chi connectivity index (χ3v) is 5.27. The predicted octanol–water partition coefficient (Wildman–Crippen LogP) is 5.04. The molecule has 29 heavy (non-hydrogen) atoms. The van der Waals surface area contributed by atoms with Gasteiger partial charge in [-0.3, -0.25) is 9.69 Å². The molecule has 1 aliphatic carbocycles. The Morgan fingerprint density at radius 2 is 1.76 bits per heavy atom. The van der Waals surface area contributed by atoms with E-state index in [0.717, 1.165) is 25.7 Å². The molecule has 2 aromatic carbocycles. The number of nitrogens with one attached hydrogen (secondary N) is 1. The number of benzene rings is 2. The third-order valence-electron chi connectivity index (χ3n) is 5.27. The van der Waals surface area contributed by atoms with E-state index in [2.05, 4.69) is 5.32 Å². The molecule has 1 N–H and O–H groups in total. The van der Waals surface area contributed by atoms with E-state index in [1.54, 1.807) is 30.3 Å². The second-order valence-corrected chi connectivity index (χ2v) is 7.51. The van der Waals surface area contributed by atoms with E-state index < -0.39 is 5.82 Å². The largest absolute Gasteiger partial charge is 0.466 e. The van der Waals surface area contributed by atoms with Gasteiger partial charge in [-0.15, -0.1) is 0 Å². The van der Waals surface area contributed by atoms with Crippen molar-refractivity contribution in [3.63, 3.8) is 0 Å². The molecule has 2 amide bonds. The van der Waals surface area contributed by atoms with Crippen LogP contribution in [0, 0.1) is 17.7 Å². The van der Waals surface area contributed by atoms with Gasteiger partial charge in [0.25, 0.3) is 0 Å². The van der Waals surface area contributed by atoms with Crippen molar-refractivity contribution in [2.24, 2.45) is 11.8 Å². The van der Waals surface area contributed by atoms with Gasteiger partial charge in [0.15, 0.2) is 0 Å². The fraction of sp³-hybridized carbons (Fsp3) is 0.391. The maximum absolute atomic E-state index is 14.4. The van der Waals surface area contributed by atoms with Gasteiger partial charge in [0.1, 0.15) is 5.82 Å². The maximum Gasteiger partial charge on any atom is 0.326 e. The topological polar surface area (TPSA) is 58.6 Å². The number of anilines is 2. The lowest BCUT2D eigenvalue weighted by atomic mass is 9.82. The fourth-order valence-electron chi connectivity index (χ4n) is 3.86. The second-order valence-electron chi connectivity index (χ2n) is 7.51. The average molecular weight is 398 g/mol. The lowest BCUT2D eigenvalue weighted by Crippen LogP contribution is -2.40. The minimum atomic E-state index is -0.453. The van der Waals surface area contributed by atoms with Gasteiger partial charge in [0, 0.05) is 13.5 Å². The molecule has 2 atom stereocenters. The second kappa shape index (κ2) is 10.0. The van der Waals surface area contributed by atoms with Gasteiger partial charge in [-0.1, -0.05) is 36.8 Å². The standard InChI is InChI=1S/C23H27FN2O3/c1-17(27)29-16-19-9-7-8-18(14-19)15-25-23(28)26(20-10-3-2-4-11-20)22-13-6-5-12-21(22)24/h2-6,10-13,18-19H,7-9,14-16H2,1H3,(H,25,28). The molecule has 0 aliphatic heterocycles. The van der Waals surface area contributed by atoms with Crippen LogP contribution in [0.3, 0.4) is 0 Å². The number of carbonyl (C=O) groups excluding carboxylic acids is 2. The van der Waals surface area contributed by atoms with Crippen molar-refractivity contribution in [2.75, 3.05) is 18.1 Å². The van der Waals surface area contributed by atoms with E-state index in [0.29, 0.717) is 30.7 Å². The summed E-state index contributed by atoms with van der Waals surface area (Å²) in [5.74, 6) is -0.0766. The quantitative estimate of drug-likeness (QED) is 0.693.